The average molecular weight is 364 g/mol. The van der Waals surface area contributed by atoms with Gasteiger partial charge < -0.3 is 10.2 Å². The van der Waals surface area contributed by atoms with E-state index in [2.05, 4.69) is 12.2 Å². The van der Waals surface area contributed by atoms with E-state index in [4.69, 9.17) is 4.84 Å². The van der Waals surface area contributed by atoms with E-state index in [9.17, 15) is 19.2 Å². The standard InChI is InChI=1S/C19H28N2O5/c1-12-14(11-15(13-7-8-13)19(25)20-12)5-3-2-4-6-18(24)26-21-16(22)9-10-17(21)23/h12-15H,2-11H2,1H3,(H,20,25). The Kier molecular flexibility index (Phi) is 5.94. The smallest absolute Gasteiger partial charge is 0.333 e. The summed E-state index contributed by atoms with van der Waals surface area (Å²) in [5.41, 5.74) is 0. The van der Waals surface area contributed by atoms with Gasteiger partial charge in [-0.3, -0.25) is 14.4 Å². The quantitative estimate of drug-likeness (QED) is 0.526. The van der Waals surface area contributed by atoms with Crippen molar-refractivity contribution < 1.29 is 24.0 Å². The molecule has 7 nitrogen and oxygen atoms in total. The molecule has 1 aliphatic carbocycles. The second kappa shape index (κ2) is 8.18. The highest BCUT2D eigenvalue weighted by molar-refractivity contribution is 6.01. The molecule has 0 spiro atoms. The second-order valence-electron chi connectivity index (χ2n) is 7.88. The summed E-state index contributed by atoms with van der Waals surface area (Å²) in [6.07, 6.45) is 7.40. The number of carbonyl (C=O) groups is 4. The van der Waals surface area contributed by atoms with Gasteiger partial charge in [-0.2, -0.15) is 0 Å². The molecule has 0 aromatic carbocycles. The summed E-state index contributed by atoms with van der Waals surface area (Å²) in [5.74, 6) is 0.108. The molecule has 3 unspecified atom stereocenters. The molecule has 2 saturated heterocycles. The van der Waals surface area contributed by atoms with E-state index in [1.165, 1.54) is 12.8 Å². The van der Waals surface area contributed by atoms with Gasteiger partial charge in [0.05, 0.1) is 0 Å². The maximum absolute atomic E-state index is 12.1. The van der Waals surface area contributed by atoms with Gasteiger partial charge in [0.2, 0.25) is 5.91 Å². The molecule has 3 rings (SSSR count). The molecule has 1 saturated carbocycles. The molecule has 7 heteroatoms. The molecule has 3 aliphatic rings. The Labute approximate surface area is 153 Å². The van der Waals surface area contributed by atoms with Gasteiger partial charge in [-0.25, -0.2) is 4.79 Å². The van der Waals surface area contributed by atoms with Crippen LogP contribution < -0.4 is 5.32 Å². The lowest BCUT2D eigenvalue weighted by atomic mass is 9.79. The van der Waals surface area contributed by atoms with Crippen molar-refractivity contribution in [3.05, 3.63) is 0 Å². The van der Waals surface area contributed by atoms with Crippen LogP contribution in [0.15, 0.2) is 0 Å². The van der Waals surface area contributed by atoms with Gasteiger partial charge in [0.25, 0.3) is 11.8 Å². The summed E-state index contributed by atoms with van der Waals surface area (Å²) in [5, 5.41) is 3.73. The number of carbonyl (C=O) groups excluding carboxylic acids is 4. The number of imide groups is 1. The first-order chi connectivity index (χ1) is 12.5. The lowest BCUT2D eigenvalue weighted by Gasteiger charge is -2.35. The third-order valence-corrected chi connectivity index (χ3v) is 5.82. The van der Waals surface area contributed by atoms with E-state index < -0.39 is 17.8 Å². The zero-order chi connectivity index (χ0) is 18.7. The van der Waals surface area contributed by atoms with Gasteiger partial charge in [-0.05, 0) is 50.9 Å². The second-order valence-corrected chi connectivity index (χ2v) is 7.88. The highest BCUT2D eigenvalue weighted by Crippen LogP contribution is 2.43. The highest BCUT2D eigenvalue weighted by atomic mass is 16.7. The number of hydroxylamine groups is 2. The van der Waals surface area contributed by atoms with Crippen LogP contribution in [-0.4, -0.2) is 34.8 Å². The average Bonchev–Trinajstić information content (AvgIpc) is 3.38. The van der Waals surface area contributed by atoms with Crippen molar-refractivity contribution in [1.29, 1.82) is 0 Å². The minimum Gasteiger partial charge on any atom is -0.353 e. The lowest BCUT2D eigenvalue weighted by molar-refractivity contribution is -0.197. The Hall–Kier alpha value is -1.92. The zero-order valence-electron chi connectivity index (χ0n) is 15.4. The zero-order valence-corrected chi connectivity index (χ0v) is 15.4. The van der Waals surface area contributed by atoms with Crippen molar-refractivity contribution >= 4 is 23.7 Å². The Morgan fingerprint density at radius 1 is 1.12 bits per heavy atom. The lowest BCUT2D eigenvalue weighted by Crippen LogP contribution is -2.48. The molecule has 0 aromatic heterocycles. The number of piperidine rings is 1. The Balaban J connectivity index is 1.31. The fraction of sp³-hybridized carbons (Fsp3) is 0.789. The van der Waals surface area contributed by atoms with Crippen LogP contribution in [0.1, 0.15) is 71.1 Å². The van der Waals surface area contributed by atoms with Crippen molar-refractivity contribution in [3.63, 3.8) is 0 Å². The Bertz CT molecular complexity index is 570. The van der Waals surface area contributed by atoms with Crippen LogP contribution >= 0.6 is 0 Å². The molecule has 0 aromatic rings. The van der Waals surface area contributed by atoms with Gasteiger partial charge in [-0.15, -0.1) is 5.06 Å². The largest absolute Gasteiger partial charge is 0.353 e. The molecule has 3 atom stereocenters. The predicted octanol–water partition coefficient (Wildman–Crippen LogP) is 2.09. The molecule has 3 amide bonds. The summed E-state index contributed by atoms with van der Waals surface area (Å²) < 4.78 is 0. The SMILES string of the molecule is CC1NC(=O)C(C2CC2)CC1CCCCCC(=O)ON1C(=O)CCC1=O. The van der Waals surface area contributed by atoms with E-state index in [0.29, 0.717) is 23.3 Å². The summed E-state index contributed by atoms with van der Waals surface area (Å²) in [6.45, 7) is 2.08. The normalized spacial score (nSPS) is 29.0. The van der Waals surface area contributed by atoms with Gasteiger partial charge in [0.1, 0.15) is 0 Å². The summed E-state index contributed by atoms with van der Waals surface area (Å²) in [7, 11) is 0. The summed E-state index contributed by atoms with van der Waals surface area (Å²) >= 11 is 0. The van der Waals surface area contributed by atoms with Crippen molar-refractivity contribution in [2.75, 3.05) is 0 Å². The molecular formula is C19H28N2O5. The third kappa shape index (κ3) is 4.62. The van der Waals surface area contributed by atoms with Gasteiger partial charge >= 0.3 is 5.97 Å². The van der Waals surface area contributed by atoms with E-state index in [1.807, 2.05) is 0 Å². The topological polar surface area (TPSA) is 92.8 Å². The third-order valence-electron chi connectivity index (χ3n) is 5.82. The van der Waals surface area contributed by atoms with Crippen LogP contribution in [0.2, 0.25) is 0 Å². The molecule has 1 N–H and O–H groups in total. The number of amides is 3. The van der Waals surface area contributed by atoms with E-state index in [-0.39, 0.29) is 37.1 Å². The number of hydrogen-bond donors (Lipinski definition) is 1. The van der Waals surface area contributed by atoms with E-state index >= 15 is 0 Å². The molecule has 3 fully saturated rings. The van der Waals surface area contributed by atoms with E-state index in [0.717, 1.165) is 25.7 Å². The van der Waals surface area contributed by atoms with Crippen molar-refractivity contribution in [1.82, 2.24) is 10.4 Å². The number of nitrogens with zero attached hydrogens (tertiary/aromatic N) is 1. The van der Waals surface area contributed by atoms with Crippen molar-refractivity contribution in [3.8, 4) is 0 Å². The molecule has 26 heavy (non-hydrogen) atoms. The fourth-order valence-electron chi connectivity index (χ4n) is 4.02. The number of hydrogen-bond acceptors (Lipinski definition) is 5. The molecule has 0 radical (unpaired) electrons. The van der Waals surface area contributed by atoms with Gasteiger partial charge in [0.15, 0.2) is 0 Å². The Morgan fingerprint density at radius 3 is 2.46 bits per heavy atom. The Morgan fingerprint density at radius 2 is 1.81 bits per heavy atom. The summed E-state index contributed by atoms with van der Waals surface area (Å²) in [4.78, 5) is 51.5. The maximum Gasteiger partial charge on any atom is 0.333 e. The predicted molar refractivity (Wildman–Crippen MR) is 92.2 cm³/mol. The molecular weight excluding hydrogens is 336 g/mol. The van der Waals surface area contributed by atoms with E-state index in [1.54, 1.807) is 0 Å². The molecule has 0 bridgehead atoms. The monoisotopic (exact) mass is 364 g/mol. The van der Waals surface area contributed by atoms with Crippen LogP contribution in [0.3, 0.4) is 0 Å². The summed E-state index contributed by atoms with van der Waals surface area (Å²) in [6, 6.07) is 0.217. The van der Waals surface area contributed by atoms with Gasteiger partial charge in [0, 0.05) is 31.2 Å². The molecule has 2 aliphatic heterocycles. The highest BCUT2D eigenvalue weighted by Gasteiger charge is 2.41. The molecule has 144 valence electrons. The first-order valence-electron chi connectivity index (χ1n) is 9.82. The van der Waals surface area contributed by atoms with Crippen LogP contribution in [-0.2, 0) is 24.0 Å². The minimum absolute atomic E-state index is 0.115. The first-order valence-corrected chi connectivity index (χ1v) is 9.82. The first kappa shape index (κ1) is 18.9. The minimum atomic E-state index is -0.527. The van der Waals surface area contributed by atoms with Crippen LogP contribution in [0.4, 0.5) is 0 Å². The maximum atomic E-state index is 12.1. The van der Waals surface area contributed by atoms with Crippen molar-refractivity contribution in [2.45, 2.75) is 77.2 Å². The van der Waals surface area contributed by atoms with Crippen LogP contribution in [0, 0.1) is 17.8 Å². The number of unbranched alkanes of at least 4 members (excludes halogenated alkanes) is 2. The van der Waals surface area contributed by atoms with Gasteiger partial charge in [-0.1, -0.05) is 12.8 Å². The van der Waals surface area contributed by atoms with Crippen LogP contribution in [0.5, 0.6) is 0 Å². The number of rotatable bonds is 8. The fourth-order valence-corrected chi connectivity index (χ4v) is 4.02. The number of nitrogens with one attached hydrogen (secondary N) is 1. The molecule has 2 heterocycles. The van der Waals surface area contributed by atoms with Crippen LogP contribution in [0.25, 0.3) is 0 Å². The van der Waals surface area contributed by atoms with Crippen molar-refractivity contribution in [2.24, 2.45) is 17.8 Å².